The van der Waals surface area contributed by atoms with Gasteiger partial charge in [0, 0.05) is 4.90 Å². The highest BCUT2D eigenvalue weighted by molar-refractivity contribution is 8.00. The van der Waals surface area contributed by atoms with Crippen molar-refractivity contribution in [2.75, 3.05) is 0 Å². The number of aryl methyl sites for hydroxylation is 2. The van der Waals surface area contributed by atoms with E-state index in [0.717, 1.165) is 0 Å². The van der Waals surface area contributed by atoms with Crippen molar-refractivity contribution in [2.45, 2.75) is 36.3 Å². The van der Waals surface area contributed by atoms with Crippen LogP contribution in [-0.2, 0) is 12.8 Å². The van der Waals surface area contributed by atoms with E-state index < -0.39 is 0 Å². The Hall–Kier alpha value is -0.940. The van der Waals surface area contributed by atoms with Crippen molar-refractivity contribution >= 4 is 11.8 Å². The van der Waals surface area contributed by atoms with Gasteiger partial charge >= 0.3 is 0 Å². The van der Waals surface area contributed by atoms with Crippen LogP contribution in [0, 0.1) is 11.3 Å². The van der Waals surface area contributed by atoms with Gasteiger partial charge in [-0.25, -0.2) is 0 Å². The fraction of sp³-hybridized carbons (Fsp3) is 0.417. The Labute approximate surface area is 89.1 Å². The third-order valence-electron chi connectivity index (χ3n) is 2.56. The van der Waals surface area contributed by atoms with Gasteiger partial charge in [-0.05, 0) is 49.4 Å². The highest BCUT2D eigenvalue weighted by atomic mass is 32.2. The van der Waals surface area contributed by atoms with E-state index in [4.69, 9.17) is 5.26 Å². The van der Waals surface area contributed by atoms with Crippen LogP contribution in [0.25, 0.3) is 0 Å². The summed E-state index contributed by atoms with van der Waals surface area (Å²) in [6, 6.07) is 8.85. The molecular weight excluding hydrogens is 190 g/mol. The van der Waals surface area contributed by atoms with Crippen LogP contribution in [0.15, 0.2) is 23.1 Å². The van der Waals surface area contributed by atoms with E-state index in [-0.39, 0.29) is 5.25 Å². The van der Waals surface area contributed by atoms with Crippen LogP contribution in [0.2, 0.25) is 0 Å². The van der Waals surface area contributed by atoms with Gasteiger partial charge in [0.2, 0.25) is 0 Å². The van der Waals surface area contributed by atoms with Crippen molar-refractivity contribution in [1.82, 2.24) is 0 Å². The van der Waals surface area contributed by atoms with Gasteiger partial charge in [0.25, 0.3) is 0 Å². The van der Waals surface area contributed by atoms with Gasteiger partial charge in [-0.3, -0.25) is 0 Å². The van der Waals surface area contributed by atoms with E-state index in [1.807, 2.05) is 6.92 Å². The Morgan fingerprint density at radius 3 is 2.93 bits per heavy atom. The molecule has 2 rings (SSSR count). The van der Waals surface area contributed by atoms with Crippen LogP contribution in [0.4, 0.5) is 0 Å². The van der Waals surface area contributed by atoms with Gasteiger partial charge < -0.3 is 0 Å². The Kier molecular flexibility index (Phi) is 2.79. The van der Waals surface area contributed by atoms with E-state index in [9.17, 15) is 0 Å². The smallest absolute Gasteiger partial charge is 0.0935 e. The Balaban J connectivity index is 2.17. The van der Waals surface area contributed by atoms with Crippen LogP contribution in [0.3, 0.4) is 0 Å². The van der Waals surface area contributed by atoms with Gasteiger partial charge in [-0.2, -0.15) is 5.26 Å². The van der Waals surface area contributed by atoms with Gasteiger partial charge in [0.05, 0.1) is 11.3 Å². The number of nitrogens with zero attached hydrogens (tertiary/aromatic N) is 1. The summed E-state index contributed by atoms with van der Waals surface area (Å²) in [7, 11) is 0. The Morgan fingerprint density at radius 2 is 2.14 bits per heavy atom. The zero-order valence-electron chi connectivity index (χ0n) is 8.29. The maximum Gasteiger partial charge on any atom is 0.0935 e. The summed E-state index contributed by atoms with van der Waals surface area (Å²) in [6.07, 6.45) is 3.73. The molecule has 72 valence electrons. The predicted molar refractivity (Wildman–Crippen MR) is 59.4 cm³/mol. The second-order valence-corrected chi connectivity index (χ2v) is 5.09. The molecule has 1 aromatic carbocycles. The molecule has 1 aliphatic rings. The summed E-state index contributed by atoms with van der Waals surface area (Å²) in [5, 5.41) is 8.77. The third kappa shape index (κ3) is 1.93. The van der Waals surface area contributed by atoms with Crippen LogP contribution in [0.5, 0.6) is 0 Å². The minimum absolute atomic E-state index is 0.0504. The molecule has 0 bridgehead atoms. The number of nitriles is 1. The fourth-order valence-corrected chi connectivity index (χ4v) is 2.67. The maximum absolute atomic E-state index is 8.72. The summed E-state index contributed by atoms with van der Waals surface area (Å²) in [4.78, 5) is 1.24. The predicted octanol–water partition coefficient (Wildman–Crippen LogP) is 3.18. The molecule has 0 amide bonds. The highest BCUT2D eigenvalue weighted by Gasteiger charge is 2.11. The highest BCUT2D eigenvalue weighted by Crippen LogP contribution is 2.29. The topological polar surface area (TPSA) is 23.8 Å². The van der Waals surface area contributed by atoms with Crippen LogP contribution in [0.1, 0.15) is 24.5 Å². The van der Waals surface area contributed by atoms with Crippen LogP contribution in [-0.4, -0.2) is 5.25 Å². The van der Waals surface area contributed by atoms with E-state index in [1.165, 1.54) is 35.3 Å². The lowest BCUT2D eigenvalue weighted by Gasteiger charge is -2.05. The lowest BCUT2D eigenvalue weighted by atomic mass is 10.1. The Bertz CT molecular complexity index is 378. The molecule has 0 aliphatic heterocycles. The number of thioether (sulfide) groups is 1. The second kappa shape index (κ2) is 4.06. The second-order valence-electron chi connectivity index (χ2n) is 3.67. The molecule has 0 saturated carbocycles. The number of hydrogen-bond donors (Lipinski definition) is 0. The van der Waals surface area contributed by atoms with Crippen molar-refractivity contribution in [2.24, 2.45) is 0 Å². The van der Waals surface area contributed by atoms with E-state index in [2.05, 4.69) is 24.3 Å². The standard InChI is InChI=1S/C12H13NS/c1-9(8-13)14-12-6-5-10-3-2-4-11(10)7-12/h5-7,9H,2-4H2,1H3. The number of benzene rings is 1. The largest absolute Gasteiger partial charge is 0.197 e. The summed E-state index contributed by atoms with van der Waals surface area (Å²) < 4.78 is 0. The molecule has 1 atom stereocenters. The summed E-state index contributed by atoms with van der Waals surface area (Å²) >= 11 is 1.65. The minimum atomic E-state index is 0.0504. The average Bonchev–Trinajstić information content (AvgIpc) is 2.64. The summed E-state index contributed by atoms with van der Waals surface area (Å²) in [5.41, 5.74) is 2.99. The number of fused-ring (bicyclic) bond motifs is 1. The maximum atomic E-state index is 8.72. The molecule has 1 nitrogen and oxygen atoms in total. The summed E-state index contributed by atoms with van der Waals surface area (Å²) in [5.74, 6) is 0. The average molecular weight is 203 g/mol. The van der Waals surface area contributed by atoms with Crippen molar-refractivity contribution < 1.29 is 0 Å². The van der Waals surface area contributed by atoms with Crippen LogP contribution < -0.4 is 0 Å². The molecular formula is C12H13NS. The van der Waals surface area contributed by atoms with Gasteiger partial charge in [0.1, 0.15) is 0 Å². The molecule has 0 heterocycles. The number of rotatable bonds is 2. The zero-order valence-corrected chi connectivity index (χ0v) is 9.10. The normalized spacial score (nSPS) is 16.0. The first kappa shape index (κ1) is 9.61. The van der Waals surface area contributed by atoms with Gasteiger partial charge in [-0.1, -0.05) is 6.07 Å². The van der Waals surface area contributed by atoms with Gasteiger partial charge in [-0.15, -0.1) is 11.8 Å². The van der Waals surface area contributed by atoms with E-state index >= 15 is 0 Å². The monoisotopic (exact) mass is 203 g/mol. The number of hydrogen-bond acceptors (Lipinski definition) is 2. The first-order valence-corrected chi connectivity index (χ1v) is 5.85. The van der Waals surface area contributed by atoms with Crippen molar-refractivity contribution in [1.29, 1.82) is 5.26 Å². The first-order valence-electron chi connectivity index (χ1n) is 4.97. The van der Waals surface area contributed by atoms with Crippen molar-refractivity contribution in [3.05, 3.63) is 29.3 Å². The zero-order chi connectivity index (χ0) is 9.97. The molecule has 0 spiro atoms. The van der Waals surface area contributed by atoms with E-state index in [1.54, 1.807) is 11.8 Å². The van der Waals surface area contributed by atoms with Crippen molar-refractivity contribution in [3.63, 3.8) is 0 Å². The Morgan fingerprint density at radius 1 is 1.36 bits per heavy atom. The van der Waals surface area contributed by atoms with E-state index in [0.29, 0.717) is 0 Å². The van der Waals surface area contributed by atoms with Crippen LogP contribution >= 0.6 is 11.8 Å². The lowest BCUT2D eigenvalue weighted by molar-refractivity contribution is 0.911. The molecule has 0 N–H and O–H groups in total. The third-order valence-corrected chi connectivity index (χ3v) is 3.55. The molecule has 0 radical (unpaired) electrons. The first-order chi connectivity index (χ1) is 6.79. The molecule has 0 saturated heterocycles. The molecule has 1 aromatic rings. The summed E-state index contributed by atoms with van der Waals surface area (Å²) in [6.45, 7) is 1.94. The molecule has 1 unspecified atom stereocenters. The molecule has 1 aliphatic carbocycles. The lowest BCUT2D eigenvalue weighted by Crippen LogP contribution is -1.90. The molecule has 14 heavy (non-hydrogen) atoms. The van der Waals surface area contributed by atoms with Gasteiger partial charge in [0.15, 0.2) is 0 Å². The SMILES string of the molecule is CC(C#N)Sc1ccc2c(c1)CCC2. The molecule has 0 fully saturated rings. The quantitative estimate of drug-likeness (QED) is 0.689. The minimum Gasteiger partial charge on any atom is -0.197 e. The molecule has 0 aromatic heterocycles. The molecule has 2 heteroatoms. The van der Waals surface area contributed by atoms with Crippen molar-refractivity contribution in [3.8, 4) is 6.07 Å². The fourth-order valence-electron chi connectivity index (χ4n) is 1.85.